The molecule has 1 aliphatic rings. The standard InChI is InChI=1S/C22H23N5/c1-4-5-8-16(3)19-13-20-21-17(11-12-27(20)26-19)14-23-22(25-21)24-18-10-7-6-9-15(18)2/h4-10,13-14H,11-12H2,1-3H3,(H,23,24,25). The lowest BCUT2D eigenvalue weighted by atomic mass is 10.1. The van der Waals surface area contributed by atoms with E-state index >= 15 is 0 Å². The van der Waals surface area contributed by atoms with Crippen LogP contribution in [0.5, 0.6) is 0 Å². The summed E-state index contributed by atoms with van der Waals surface area (Å²) in [5.74, 6) is 0.612. The third-order valence-corrected chi connectivity index (χ3v) is 4.81. The zero-order chi connectivity index (χ0) is 18.8. The van der Waals surface area contributed by atoms with Crippen LogP contribution in [0.1, 0.15) is 30.7 Å². The van der Waals surface area contributed by atoms with Crippen molar-refractivity contribution >= 4 is 17.2 Å². The van der Waals surface area contributed by atoms with Gasteiger partial charge in [0, 0.05) is 24.0 Å². The maximum absolute atomic E-state index is 4.81. The number of nitrogens with one attached hydrogen (secondary N) is 1. The zero-order valence-corrected chi connectivity index (χ0v) is 15.9. The van der Waals surface area contributed by atoms with Crippen LogP contribution in [0.4, 0.5) is 11.6 Å². The molecule has 2 aromatic heterocycles. The van der Waals surface area contributed by atoms with Crippen LogP contribution in [0.25, 0.3) is 17.0 Å². The van der Waals surface area contributed by atoms with Crippen molar-refractivity contribution in [3.05, 3.63) is 71.6 Å². The fraction of sp³-hybridized carbons (Fsp3) is 0.227. The van der Waals surface area contributed by atoms with Gasteiger partial charge in [0.25, 0.3) is 0 Å². The molecular formula is C22H23N5. The summed E-state index contributed by atoms with van der Waals surface area (Å²) in [4.78, 5) is 9.32. The largest absolute Gasteiger partial charge is 0.324 e. The van der Waals surface area contributed by atoms with Crippen molar-refractivity contribution in [3.8, 4) is 11.4 Å². The van der Waals surface area contributed by atoms with E-state index < -0.39 is 0 Å². The van der Waals surface area contributed by atoms with Crippen LogP contribution in [0, 0.1) is 6.92 Å². The molecule has 5 nitrogen and oxygen atoms in total. The quantitative estimate of drug-likeness (QED) is 0.673. The van der Waals surface area contributed by atoms with Crippen molar-refractivity contribution in [1.82, 2.24) is 19.7 Å². The summed E-state index contributed by atoms with van der Waals surface area (Å²) >= 11 is 0. The second-order valence-corrected chi connectivity index (χ2v) is 6.77. The third-order valence-electron chi connectivity index (χ3n) is 4.81. The van der Waals surface area contributed by atoms with Crippen molar-refractivity contribution in [1.29, 1.82) is 0 Å². The van der Waals surface area contributed by atoms with Gasteiger partial charge in [-0.25, -0.2) is 9.97 Å². The summed E-state index contributed by atoms with van der Waals surface area (Å²) in [5, 5.41) is 8.10. The highest BCUT2D eigenvalue weighted by Crippen LogP contribution is 2.30. The van der Waals surface area contributed by atoms with E-state index in [1.54, 1.807) is 0 Å². The normalized spacial score (nSPS) is 13.5. The highest BCUT2D eigenvalue weighted by molar-refractivity contribution is 5.70. The maximum Gasteiger partial charge on any atom is 0.227 e. The fourth-order valence-corrected chi connectivity index (χ4v) is 3.23. The summed E-state index contributed by atoms with van der Waals surface area (Å²) in [5.41, 5.74) is 7.49. The number of aryl methyl sites for hydroxylation is 3. The van der Waals surface area contributed by atoms with Gasteiger partial charge in [-0.1, -0.05) is 36.4 Å². The highest BCUT2D eigenvalue weighted by atomic mass is 15.3. The van der Waals surface area contributed by atoms with Crippen LogP contribution in [-0.2, 0) is 13.0 Å². The van der Waals surface area contributed by atoms with Crippen molar-refractivity contribution in [3.63, 3.8) is 0 Å². The molecule has 0 spiro atoms. The molecular weight excluding hydrogens is 334 g/mol. The van der Waals surface area contributed by atoms with Crippen LogP contribution in [0.15, 0.2) is 54.8 Å². The summed E-state index contributed by atoms with van der Waals surface area (Å²) in [6.45, 7) is 7.02. The highest BCUT2D eigenvalue weighted by Gasteiger charge is 2.21. The predicted octanol–water partition coefficient (Wildman–Crippen LogP) is 4.93. The van der Waals surface area contributed by atoms with Crippen molar-refractivity contribution < 1.29 is 0 Å². The minimum Gasteiger partial charge on any atom is -0.324 e. The van der Waals surface area contributed by atoms with E-state index in [0.29, 0.717) is 5.95 Å². The van der Waals surface area contributed by atoms with E-state index in [1.807, 2.05) is 43.5 Å². The Morgan fingerprint density at radius 2 is 2.11 bits per heavy atom. The maximum atomic E-state index is 4.81. The molecule has 5 heteroatoms. The van der Waals surface area contributed by atoms with E-state index in [0.717, 1.165) is 46.9 Å². The molecule has 27 heavy (non-hydrogen) atoms. The number of anilines is 2. The molecule has 1 aliphatic heterocycles. The van der Waals surface area contributed by atoms with Crippen LogP contribution < -0.4 is 5.32 Å². The van der Waals surface area contributed by atoms with E-state index in [2.05, 4.69) is 47.0 Å². The molecule has 136 valence electrons. The van der Waals surface area contributed by atoms with Gasteiger partial charge in [-0.05, 0) is 50.5 Å². The first-order valence-corrected chi connectivity index (χ1v) is 9.22. The number of benzene rings is 1. The summed E-state index contributed by atoms with van der Waals surface area (Å²) < 4.78 is 2.05. The second kappa shape index (κ2) is 7.19. The Kier molecular flexibility index (Phi) is 4.59. The zero-order valence-electron chi connectivity index (χ0n) is 15.9. The van der Waals surface area contributed by atoms with Gasteiger partial charge in [0.15, 0.2) is 0 Å². The van der Waals surface area contributed by atoms with Crippen molar-refractivity contribution in [2.75, 3.05) is 5.32 Å². The number of hydrogen-bond donors (Lipinski definition) is 1. The number of para-hydroxylation sites is 1. The Hall–Kier alpha value is -3.21. The van der Waals surface area contributed by atoms with Crippen molar-refractivity contribution in [2.24, 2.45) is 0 Å². The second-order valence-electron chi connectivity index (χ2n) is 6.77. The van der Waals surface area contributed by atoms with Gasteiger partial charge in [-0.2, -0.15) is 5.10 Å². The molecule has 0 fully saturated rings. The van der Waals surface area contributed by atoms with Crippen LogP contribution in [0.2, 0.25) is 0 Å². The van der Waals surface area contributed by atoms with Gasteiger partial charge in [0.1, 0.15) is 0 Å². The molecule has 0 aliphatic carbocycles. The predicted molar refractivity (Wildman–Crippen MR) is 110 cm³/mol. The fourth-order valence-electron chi connectivity index (χ4n) is 3.23. The van der Waals surface area contributed by atoms with E-state index in [-0.39, 0.29) is 0 Å². The lowest BCUT2D eigenvalue weighted by Gasteiger charge is -2.17. The SMILES string of the molecule is CC=CC=C(C)c1cc2n(n1)CCc1cnc(Nc3ccccc3C)nc1-2. The Labute approximate surface area is 159 Å². The number of fused-ring (bicyclic) bond motifs is 3. The number of aromatic nitrogens is 4. The molecule has 4 rings (SSSR count). The van der Waals surface area contributed by atoms with E-state index in [9.17, 15) is 0 Å². The summed E-state index contributed by atoms with van der Waals surface area (Å²) in [6, 6.07) is 10.3. The Balaban J connectivity index is 1.70. The average Bonchev–Trinajstić information content (AvgIpc) is 3.13. The number of nitrogens with zero attached hydrogens (tertiary/aromatic N) is 4. The lowest BCUT2D eigenvalue weighted by molar-refractivity contribution is 0.600. The van der Waals surface area contributed by atoms with Gasteiger partial charge in [-0.3, -0.25) is 4.68 Å². The number of hydrogen-bond acceptors (Lipinski definition) is 4. The molecule has 0 amide bonds. The van der Waals surface area contributed by atoms with Gasteiger partial charge in [0.05, 0.1) is 17.1 Å². The first kappa shape index (κ1) is 17.2. The van der Waals surface area contributed by atoms with Gasteiger partial charge < -0.3 is 5.32 Å². The first-order chi connectivity index (χ1) is 13.2. The minimum absolute atomic E-state index is 0.612. The Morgan fingerprint density at radius 1 is 1.26 bits per heavy atom. The molecule has 3 aromatic rings. The van der Waals surface area contributed by atoms with Crippen LogP contribution >= 0.6 is 0 Å². The molecule has 1 aromatic carbocycles. The molecule has 0 radical (unpaired) electrons. The number of allylic oxidation sites excluding steroid dienone is 4. The topological polar surface area (TPSA) is 55.6 Å². The minimum atomic E-state index is 0.612. The molecule has 0 bridgehead atoms. The van der Waals surface area contributed by atoms with Gasteiger partial charge >= 0.3 is 0 Å². The monoisotopic (exact) mass is 357 g/mol. The Morgan fingerprint density at radius 3 is 2.93 bits per heavy atom. The molecule has 0 saturated heterocycles. The van der Waals surface area contributed by atoms with Gasteiger partial charge in [-0.15, -0.1) is 0 Å². The number of rotatable bonds is 4. The molecule has 0 saturated carbocycles. The molecule has 0 unspecified atom stereocenters. The Bertz CT molecular complexity index is 1040. The smallest absolute Gasteiger partial charge is 0.227 e. The van der Waals surface area contributed by atoms with E-state index in [4.69, 9.17) is 10.1 Å². The molecule has 1 N–H and O–H groups in total. The van der Waals surface area contributed by atoms with E-state index in [1.165, 1.54) is 5.56 Å². The van der Waals surface area contributed by atoms with Crippen LogP contribution in [-0.4, -0.2) is 19.7 Å². The third kappa shape index (κ3) is 3.40. The molecule has 3 heterocycles. The lowest BCUT2D eigenvalue weighted by Crippen LogP contribution is -2.14. The first-order valence-electron chi connectivity index (χ1n) is 9.22. The summed E-state index contributed by atoms with van der Waals surface area (Å²) in [7, 11) is 0. The van der Waals surface area contributed by atoms with Crippen LogP contribution in [0.3, 0.4) is 0 Å². The summed E-state index contributed by atoms with van der Waals surface area (Å²) in [6.07, 6.45) is 8.97. The average molecular weight is 357 g/mol. The van der Waals surface area contributed by atoms with Crippen molar-refractivity contribution in [2.45, 2.75) is 33.7 Å². The van der Waals surface area contributed by atoms with Gasteiger partial charge in [0.2, 0.25) is 5.95 Å². The molecule has 0 atom stereocenters.